The second kappa shape index (κ2) is 12.9. The molecule has 0 saturated carbocycles. The van der Waals surface area contributed by atoms with Crippen LogP contribution >= 0.6 is 0 Å². The van der Waals surface area contributed by atoms with Gasteiger partial charge in [0.15, 0.2) is 12.1 Å². The predicted molar refractivity (Wildman–Crippen MR) is 222 cm³/mol. The number of ether oxygens (including phenoxy) is 1. The van der Waals surface area contributed by atoms with Crippen molar-refractivity contribution in [2.45, 2.75) is 24.2 Å². The number of anilines is 1. The Labute approximate surface area is 319 Å². The normalized spacial score (nSPS) is 19.7. The third-order valence-electron chi connectivity index (χ3n) is 11.4. The third kappa shape index (κ3) is 5.60. The lowest BCUT2D eigenvalue weighted by molar-refractivity contribution is 0.148. The average Bonchev–Trinajstić information content (AvgIpc) is 3.71. The number of hydrogen-bond acceptors (Lipinski definition) is 5. The fourth-order valence-electron chi connectivity index (χ4n) is 8.60. The van der Waals surface area contributed by atoms with E-state index in [2.05, 4.69) is 187 Å². The van der Waals surface area contributed by atoms with Gasteiger partial charge in [0.25, 0.3) is 0 Å². The van der Waals surface area contributed by atoms with Crippen LogP contribution < -0.4 is 10.6 Å². The zero-order valence-corrected chi connectivity index (χ0v) is 29.9. The fraction of sp³-hybridized carbons (Fsp3) is 0.0800. The van der Waals surface area contributed by atoms with Crippen molar-refractivity contribution < 1.29 is 4.74 Å². The van der Waals surface area contributed by atoms with E-state index in [1.54, 1.807) is 0 Å². The summed E-state index contributed by atoms with van der Waals surface area (Å²) < 4.78 is 6.52. The molecular formula is C50H36N4O. The van der Waals surface area contributed by atoms with Crippen molar-refractivity contribution in [3.63, 3.8) is 0 Å². The molecule has 8 aromatic rings. The van der Waals surface area contributed by atoms with Crippen LogP contribution in [-0.2, 0) is 4.74 Å². The topological polar surface area (TPSA) is 59.1 Å². The second-order valence-electron chi connectivity index (χ2n) is 14.6. The van der Waals surface area contributed by atoms with Crippen LogP contribution in [0.15, 0.2) is 193 Å². The molecule has 0 radical (unpaired) electrons. The van der Waals surface area contributed by atoms with Crippen molar-refractivity contribution >= 4 is 27.2 Å². The highest BCUT2D eigenvalue weighted by Gasteiger charge is 2.45. The summed E-state index contributed by atoms with van der Waals surface area (Å²) in [5.74, 6) is 1.83. The molecule has 5 heteroatoms. The molecule has 1 aliphatic carbocycles. The molecule has 1 saturated heterocycles. The molecule has 4 atom stereocenters. The summed E-state index contributed by atoms with van der Waals surface area (Å²) in [5.41, 5.74) is 11.0. The number of allylic oxidation sites excluding steroid dienone is 2. The quantitative estimate of drug-likeness (QED) is 0.186. The molecular weight excluding hydrogens is 673 g/mol. The molecule has 4 unspecified atom stereocenters. The lowest BCUT2D eigenvalue weighted by atomic mass is 9.73. The molecule has 1 aromatic heterocycles. The zero-order chi connectivity index (χ0) is 36.3. The standard InChI is InChI=1S/C50H36N4O/c1-2-12-35(13-3-1)50-54-48-45(55-50)27-26-41-46(48)40-16-8-9-17-42(40)51-47(41)34-22-20-33(21-23-34)43-30-44(38-24-18-31-10-4-6-14-36(31)28-38)53-49(52-43)39-25-19-32-11-5-7-15-37(32)29-39/h1-30,46-48,50-51,54H. The molecule has 1 fully saturated rings. The number of nitrogens with one attached hydrogen (secondary N) is 2. The zero-order valence-electron chi connectivity index (χ0n) is 29.9. The first-order valence-corrected chi connectivity index (χ1v) is 18.9. The van der Waals surface area contributed by atoms with Gasteiger partial charge >= 0.3 is 0 Å². The van der Waals surface area contributed by atoms with Crippen LogP contribution in [0.3, 0.4) is 0 Å². The summed E-state index contributed by atoms with van der Waals surface area (Å²) >= 11 is 0. The summed E-state index contributed by atoms with van der Waals surface area (Å²) in [6.45, 7) is 0. The number of fused-ring (bicyclic) bond motifs is 7. The first-order chi connectivity index (χ1) is 27.2. The number of para-hydroxylation sites is 1. The Morgan fingerprint density at radius 2 is 1.11 bits per heavy atom. The number of benzene rings is 7. The smallest absolute Gasteiger partial charge is 0.176 e. The van der Waals surface area contributed by atoms with Gasteiger partial charge in [0.1, 0.15) is 5.76 Å². The Morgan fingerprint density at radius 3 is 1.87 bits per heavy atom. The van der Waals surface area contributed by atoms with Crippen molar-refractivity contribution in [1.29, 1.82) is 0 Å². The van der Waals surface area contributed by atoms with Crippen LogP contribution in [-0.4, -0.2) is 16.0 Å². The Hall–Kier alpha value is -6.82. The SMILES string of the molecule is C1=C2OC(c3ccccc3)NC2C2C(=C1)C(c1ccc(-c3cc(-c4ccc5ccccc5c4)nc(-c4ccc5ccccc5c4)n3)cc1)Nc1ccccc12. The largest absolute Gasteiger partial charge is 0.474 e. The van der Waals surface area contributed by atoms with Crippen molar-refractivity contribution in [3.8, 4) is 33.9 Å². The maximum atomic E-state index is 6.52. The van der Waals surface area contributed by atoms with E-state index in [0.29, 0.717) is 5.82 Å². The van der Waals surface area contributed by atoms with E-state index < -0.39 is 0 Å². The van der Waals surface area contributed by atoms with Crippen LogP contribution in [0.1, 0.15) is 34.9 Å². The van der Waals surface area contributed by atoms with Gasteiger partial charge in [-0.25, -0.2) is 9.97 Å². The van der Waals surface area contributed by atoms with Crippen molar-refractivity contribution in [2.24, 2.45) is 0 Å². The maximum absolute atomic E-state index is 6.52. The van der Waals surface area contributed by atoms with E-state index >= 15 is 0 Å². The molecule has 11 rings (SSSR count). The molecule has 5 nitrogen and oxygen atoms in total. The van der Waals surface area contributed by atoms with Gasteiger partial charge < -0.3 is 10.1 Å². The average molecular weight is 709 g/mol. The van der Waals surface area contributed by atoms with E-state index in [9.17, 15) is 0 Å². The first kappa shape index (κ1) is 31.7. The molecule has 7 aromatic carbocycles. The number of nitrogens with zero attached hydrogens (tertiary/aromatic N) is 2. The molecule has 3 aliphatic rings. The van der Waals surface area contributed by atoms with Crippen molar-refractivity contribution in [3.05, 3.63) is 210 Å². The lowest BCUT2D eigenvalue weighted by Crippen LogP contribution is -2.38. The van der Waals surface area contributed by atoms with Crippen LogP contribution in [0.4, 0.5) is 5.69 Å². The van der Waals surface area contributed by atoms with E-state index in [-0.39, 0.29) is 24.2 Å². The Kier molecular flexibility index (Phi) is 7.45. The highest BCUT2D eigenvalue weighted by Crippen LogP contribution is 2.51. The van der Waals surface area contributed by atoms with Gasteiger partial charge in [-0.1, -0.05) is 152 Å². The third-order valence-corrected chi connectivity index (χ3v) is 11.4. The Morgan fingerprint density at radius 1 is 0.491 bits per heavy atom. The Bertz CT molecular complexity index is 2730. The first-order valence-electron chi connectivity index (χ1n) is 18.9. The summed E-state index contributed by atoms with van der Waals surface area (Å²) in [5, 5.41) is 12.5. The molecule has 55 heavy (non-hydrogen) atoms. The van der Waals surface area contributed by atoms with Crippen LogP contribution in [0, 0.1) is 0 Å². The van der Waals surface area contributed by atoms with Gasteiger partial charge in [0, 0.05) is 33.9 Å². The molecule has 2 aliphatic heterocycles. The van der Waals surface area contributed by atoms with Crippen LogP contribution in [0.5, 0.6) is 0 Å². The summed E-state index contributed by atoms with van der Waals surface area (Å²) in [4.78, 5) is 10.4. The lowest BCUT2D eigenvalue weighted by Gasteiger charge is -2.40. The fourth-order valence-corrected chi connectivity index (χ4v) is 8.60. The monoisotopic (exact) mass is 708 g/mol. The summed E-state index contributed by atoms with van der Waals surface area (Å²) in [7, 11) is 0. The number of rotatable bonds is 5. The molecule has 0 bridgehead atoms. The highest BCUT2D eigenvalue weighted by molar-refractivity contribution is 5.89. The summed E-state index contributed by atoms with van der Waals surface area (Å²) in [6.07, 6.45) is 4.24. The van der Waals surface area contributed by atoms with Gasteiger partial charge in [-0.3, -0.25) is 5.32 Å². The summed E-state index contributed by atoms with van der Waals surface area (Å²) in [6, 6.07) is 60.1. The molecule has 3 heterocycles. The molecule has 2 N–H and O–H groups in total. The van der Waals surface area contributed by atoms with Crippen LogP contribution in [0.2, 0.25) is 0 Å². The minimum absolute atomic E-state index is 0.00366. The minimum atomic E-state index is -0.183. The van der Waals surface area contributed by atoms with E-state index in [0.717, 1.165) is 45.1 Å². The van der Waals surface area contributed by atoms with E-state index in [1.807, 2.05) is 6.07 Å². The van der Waals surface area contributed by atoms with Gasteiger partial charge in [-0.05, 0) is 68.6 Å². The van der Waals surface area contributed by atoms with Crippen molar-refractivity contribution in [2.75, 3.05) is 5.32 Å². The van der Waals surface area contributed by atoms with E-state index in [1.165, 1.54) is 38.2 Å². The molecule has 0 spiro atoms. The van der Waals surface area contributed by atoms with Crippen molar-refractivity contribution in [1.82, 2.24) is 15.3 Å². The Balaban J connectivity index is 0.969. The molecule has 262 valence electrons. The van der Waals surface area contributed by atoms with Gasteiger partial charge in [-0.2, -0.15) is 0 Å². The molecule has 0 amide bonds. The minimum Gasteiger partial charge on any atom is -0.474 e. The highest BCUT2D eigenvalue weighted by atomic mass is 16.5. The van der Waals surface area contributed by atoms with Gasteiger partial charge in [0.2, 0.25) is 0 Å². The maximum Gasteiger partial charge on any atom is 0.176 e. The van der Waals surface area contributed by atoms with Crippen LogP contribution in [0.25, 0.3) is 55.4 Å². The van der Waals surface area contributed by atoms with Gasteiger partial charge in [-0.15, -0.1) is 0 Å². The number of aromatic nitrogens is 2. The second-order valence-corrected chi connectivity index (χ2v) is 14.6. The van der Waals surface area contributed by atoms with Gasteiger partial charge in [0.05, 0.1) is 23.5 Å². The predicted octanol–water partition coefficient (Wildman–Crippen LogP) is 11.5. The number of hydrogen-bond donors (Lipinski definition) is 2. The van der Waals surface area contributed by atoms with E-state index in [4.69, 9.17) is 14.7 Å².